The number of aryl methyl sites for hydroxylation is 1. The first-order valence-corrected chi connectivity index (χ1v) is 6.46. The predicted octanol–water partition coefficient (Wildman–Crippen LogP) is 4.24. The summed E-state index contributed by atoms with van der Waals surface area (Å²) in [6, 6.07) is 12.2. The van der Waals surface area contributed by atoms with Gasteiger partial charge >= 0.3 is 0 Å². The second-order valence-electron chi connectivity index (χ2n) is 4.42. The Balaban J connectivity index is 2.27. The quantitative estimate of drug-likeness (QED) is 0.731. The van der Waals surface area contributed by atoms with Crippen LogP contribution in [-0.4, -0.2) is 11.6 Å². The lowest BCUT2D eigenvalue weighted by molar-refractivity contribution is 0.310. The first-order chi connectivity index (χ1) is 8.81. The van der Waals surface area contributed by atoms with Crippen molar-refractivity contribution >= 4 is 0 Å². The van der Waals surface area contributed by atoms with Crippen molar-refractivity contribution < 1.29 is 4.74 Å². The van der Waals surface area contributed by atoms with Crippen LogP contribution in [0.3, 0.4) is 0 Å². The second-order valence-corrected chi connectivity index (χ2v) is 4.42. The van der Waals surface area contributed by atoms with Gasteiger partial charge in [0.2, 0.25) is 0 Å². The number of aromatic nitrogens is 1. The van der Waals surface area contributed by atoms with Gasteiger partial charge in [-0.2, -0.15) is 0 Å². The van der Waals surface area contributed by atoms with Crippen molar-refractivity contribution in [2.45, 2.75) is 26.7 Å². The zero-order valence-corrected chi connectivity index (χ0v) is 11.0. The van der Waals surface area contributed by atoms with Crippen LogP contribution in [0.4, 0.5) is 0 Å². The molecule has 1 aromatic carbocycles. The molecule has 0 bridgehead atoms. The highest BCUT2D eigenvalue weighted by molar-refractivity contribution is 5.67. The van der Waals surface area contributed by atoms with E-state index in [0.717, 1.165) is 36.5 Å². The summed E-state index contributed by atoms with van der Waals surface area (Å²) >= 11 is 0. The van der Waals surface area contributed by atoms with Crippen molar-refractivity contribution in [3.05, 3.63) is 48.2 Å². The highest BCUT2D eigenvalue weighted by atomic mass is 16.5. The monoisotopic (exact) mass is 241 g/mol. The molecule has 2 nitrogen and oxygen atoms in total. The average molecular weight is 241 g/mol. The Bertz CT molecular complexity index is 508. The molecule has 1 aromatic heterocycles. The van der Waals surface area contributed by atoms with Crippen molar-refractivity contribution in [3.8, 4) is 17.0 Å². The van der Waals surface area contributed by atoms with E-state index in [1.807, 2.05) is 30.5 Å². The van der Waals surface area contributed by atoms with E-state index < -0.39 is 0 Å². The summed E-state index contributed by atoms with van der Waals surface area (Å²) in [7, 11) is 0. The van der Waals surface area contributed by atoms with Crippen LogP contribution in [0.5, 0.6) is 5.75 Å². The Hall–Kier alpha value is -1.83. The Kier molecular flexibility index (Phi) is 4.35. The summed E-state index contributed by atoms with van der Waals surface area (Å²) in [5, 5.41) is 0. The molecule has 2 rings (SSSR count). The van der Waals surface area contributed by atoms with Crippen LogP contribution in [0, 0.1) is 6.92 Å². The van der Waals surface area contributed by atoms with E-state index in [1.54, 1.807) is 0 Å². The molecule has 0 aliphatic carbocycles. The molecule has 0 radical (unpaired) electrons. The molecule has 0 aliphatic heterocycles. The largest absolute Gasteiger partial charge is 0.493 e. The minimum atomic E-state index is 0.763. The number of nitrogens with zero attached hydrogens (tertiary/aromatic N) is 1. The van der Waals surface area contributed by atoms with Crippen LogP contribution in [0.1, 0.15) is 25.3 Å². The number of benzene rings is 1. The standard InChI is InChI=1S/C16H19NO/c1-3-4-11-18-16-8-6-5-7-14(16)15-12-13(2)9-10-17-15/h5-10,12H,3-4,11H2,1-2H3. The number of para-hydroxylation sites is 1. The fourth-order valence-electron chi connectivity index (χ4n) is 1.81. The molecular formula is C16H19NO. The maximum absolute atomic E-state index is 5.83. The van der Waals surface area contributed by atoms with Crippen molar-refractivity contribution in [2.75, 3.05) is 6.61 Å². The van der Waals surface area contributed by atoms with Crippen LogP contribution in [-0.2, 0) is 0 Å². The number of hydrogen-bond donors (Lipinski definition) is 0. The third-order valence-corrected chi connectivity index (χ3v) is 2.83. The lowest BCUT2D eigenvalue weighted by Crippen LogP contribution is -1.98. The molecule has 0 amide bonds. The summed E-state index contributed by atoms with van der Waals surface area (Å²) in [6.07, 6.45) is 4.06. The molecule has 94 valence electrons. The third kappa shape index (κ3) is 3.10. The van der Waals surface area contributed by atoms with Crippen molar-refractivity contribution in [2.24, 2.45) is 0 Å². The van der Waals surface area contributed by atoms with Gasteiger partial charge in [-0.05, 0) is 43.2 Å². The average Bonchev–Trinajstić information content (AvgIpc) is 2.40. The van der Waals surface area contributed by atoms with Crippen LogP contribution < -0.4 is 4.74 Å². The van der Waals surface area contributed by atoms with E-state index in [9.17, 15) is 0 Å². The van der Waals surface area contributed by atoms with Gasteiger partial charge in [-0.1, -0.05) is 25.5 Å². The van der Waals surface area contributed by atoms with Gasteiger partial charge in [-0.15, -0.1) is 0 Å². The Labute approximate surface area is 109 Å². The van der Waals surface area contributed by atoms with E-state index in [-0.39, 0.29) is 0 Å². The molecule has 18 heavy (non-hydrogen) atoms. The third-order valence-electron chi connectivity index (χ3n) is 2.83. The van der Waals surface area contributed by atoms with Crippen LogP contribution in [0.25, 0.3) is 11.3 Å². The van der Waals surface area contributed by atoms with Crippen molar-refractivity contribution in [3.63, 3.8) is 0 Å². The Morgan fingerprint density at radius 3 is 2.78 bits per heavy atom. The number of ether oxygens (including phenoxy) is 1. The molecule has 0 atom stereocenters. The maximum Gasteiger partial charge on any atom is 0.128 e. The molecule has 2 aromatic rings. The summed E-state index contributed by atoms with van der Waals surface area (Å²) in [4.78, 5) is 4.42. The van der Waals surface area contributed by atoms with Gasteiger partial charge in [0.15, 0.2) is 0 Å². The zero-order chi connectivity index (χ0) is 12.8. The van der Waals surface area contributed by atoms with Crippen LogP contribution >= 0.6 is 0 Å². The van der Waals surface area contributed by atoms with Gasteiger partial charge in [0.1, 0.15) is 5.75 Å². The van der Waals surface area contributed by atoms with Crippen molar-refractivity contribution in [1.29, 1.82) is 0 Å². The van der Waals surface area contributed by atoms with Crippen molar-refractivity contribution in [1.82, 2.24) is 4.98 Å². The van der Waals surface area contributed by atoms with Gasteiger partial charge in [0.05, 0.1) is 12.3 Å². The topological polar surface area (TPSA) is 22.1 Å². The minimum absolute atomic E-state index is 0.763. The number of pyridine rings is 1. The molecule has 0 saturated carbocycles. The van der Waals surface area contributed by atoms with E-state index >= 15 is 0 Å². The number of hydrogen-bond acceptors (Lipinski definition) is 2. The fraction of sp³-hybridized carbons (Fsp3) is 0.312. The Morgan fingerprint density at radius 2 is 2.00 bits per heavy atom. The molecule has 2 heteroatoms. The first-order valence-electron chi connectivity index (χ1n) is 6.46. The molecule has 0 unspecified atom stereocenters. The van der Waals surface area contributed by atoms with Crippen LogP contribution in [0.2, 0.25) is 0 Å². The minimum Gasteiger partial charge on any atom is -0.493 e. The molecular weight excluding hydrogens is 222 g/mol. The molecule has 0 fully saturated rings. The highest BCUT2D eigenvalue weighted by Crippen LogP contribution is 2.28. The lowest BCUT2D eigenvalue weighted by Gasteiger charge is -2.11. The lowest BCUT2D eigenvalue weighted by atomic mass is 10.1. The molecule has 0 saturated heterocycles. The molecule has 0 spiro atoms. The molecule has 0 aliphatic rings. The Morgan fingerprint density at radius 1 is 1.17 bits per heavy atom. The normalized spacial score (nSPS) is 10.3. The highest BCUT2D eigenvalue weighted by Gasteiger charge is 2.06. The first kappa shape index (κ1) is 12.6. The van der Waals surface area contributed by atoms with Gasteiger partial charge in [-0.3, -0.25) is 4.98 Å². The van der Waals surface area contributed by atoms with Gasteiger partial charge < -0.3 is 4.74 Å². The fourth-order valence-corrected chi connectivity index (χ4v) is 1.81. The van der Waals surface area contributed by atoms with Gasteiger partial charge in [0.25, 0.3) is 0 Å². The van der Waals surface area contributed by atoms with E-state index in [4.69, 9.17) is 4.74 Å². The van der Waals surface area contributed by atoms with E-state index in [2.05, 4.69) is 31.0 Å². The SMILES string of the molecule is CCCCOc1ccccc1-c1cc(C)ccn1. The zero-order valence-electron chi connectivity index (χ0n) is 11.0. The summed E-state index contributed by atoms with van der Waals surface area (Å²) in [5.74, 6) is 0.920. The van der Waals surface area contributed by atoms with E-state index in [1.165, 1.54) is 5.56 Å². The second kappa shape index (κ2) is 6.20. The van der Waals surface area contributed by atoms with Gasteiger partial charge in [-0.25, -0.2) is 0 Å². The molecule has 1 heterocycles. The van der Waals surface area contributed by atoms with E-state index in [0.29, 0.717) is 0 Å². The van der Waals surface area contributed by atoms with Gasteiger partial charge in [0, 0.05) is 11.8 Å². The van der Waals surface area contributed by atoms with Crippen LogP contribution in [0.15, 0.2) is 42.6 Å². The summed E-state index contributed by atoms with van der Waals surface area (Å²) in [5.41, 5.74) is 3.25. The molecule has 0 N–H and O–H groups in total. The summed E-state index contributed by atoms with van der Waals surface area (Å²) in [6.45, 7) is 5.00. The summed E-state index contributed by atoms with van der Waals surface area (Å²) < 4.78 is 5.83. The predicted molar refractivity (Wildman–Crippen MR) is 74.8 cm³/mol. The number of unbranched alkanes of at least 4 members (excludes halogenated alkanes) is 1. The maximum atomic E-state index is 5.83. The smallest absolute Gasteiger partial charge is 0.128 e. The number of rotatable bonds is 5.